The second-order valence-electron chi connectivity index (χ2n) is 7.87. The van der Waals surface area contributed by atoms with Crippen LogP contribution >= 0.6 is 0 Å². The van der Waals surface area contributed by atoms with Crippen LogP contribution in [-0.2, 0) is 25.7 Å². The normalized spacial score (nSPS) is 17.2. The number of hydrogen-bond acceptors (Lipinski definition) is 7. The third kappa shape index (κ3) is 5.13. The number of benzene rings is 3. The summed E-state index contributed by atoms with van der Waals surface area (Å²) in [7, 11) is 1.24. The van der Waals surface area contributed by atoms with Gasteiger partial charge in [-0.1, -0.05) is 77.9 Å². The zero-order valence-corrected chi connectivity index (χ0v) is 19.3. The maximum Gasteiger partial charge on any atom is 0.514 e. The highest BCUT2D eigenvalue weighted by molar-refractivity contribution is 5.94. The van der Waals surface area contributed by atoms with Crippen LogP contribution in [0.25, 0.3) is 10.4 Å². The van der Waals surface area contributed by atoms with Gasteiger partial charge in [0.15, 0.2) is 6.04 Å². The van der Waals surface area contributed by atoms with Crippen LogP contribution in [0.2, 0.25) is 0 Å². The number of azide groups is 1. The van der Waals surface area contributed by atoms with E-state index in [9.17, 15) is 14.4 Å². The molecule has 4 rings (SSSR count). The summed E-state index contributed by atoms with van der Waals surface area (Å²) in [5.41, 5.74) is 10.9. The topological polar surface area (TPSA) is 131 Å². The molecule has 0 radical (unpaired) electrons. The summed E-state index contributed by atoms with van der Waals surface area (Å²) in [5, 5.41) is 3.64. The Morgan fingerprint density at radius 3 is 2.25 bits per heavy atom. The third-order valence-electron chi connectivity index (χ3n) is 5.72. The number of methoxy groups -OCH3 is 1. The van der Waals surface area contributed by atoms with Gasteiger partial charge < -0.3 is 19.1 Å². The highest BCUT2D eigenvalue weighted by atomic mass is 16.7. The molecule has 0 N–H and O–H groups in total. The van der Waals surface area contributed by atoms with Crippen molar-refractivity contribution in [3.8, 4) is 5.75 Å². The summed E-state index contributed by atoms with van der Waals surface area (Å²) in [6.45, 7) is 0.0686. The first-order valence-corrected chi connectivity index (χ1v) is 11.0. The third-order valence-corrected chi connectivity index (χ3v) is 5.72. The van der Waals surface area contributed by atoms with Gasteiger partial charge in [-0.15, -0.1) is 0 Å². The van der Waals surface area contributed by atoms with Crippen molar-refractivity contribution in [2.75, 3.05) is 7.11 Å². The van der Waals surface area contributed by atoms with Gasteiger partial charge in [-0.05, 0) is 34.4 Å². The van der Waals surface area contributed by atoms with E-state index in [0.29, 0.717) is 11.1 Å². The number of nitrogens with zero attached hydrogens (tertiary/aromatic N) is 4. The largest absolute Gasteiger partial charge is 0.514 e. The first kappa shape index (κ1) is 24.3. The van der Waals surface area contributed by atoms with E-state index in [4.69, 9.17) is 19.7 Å². The zero-order chi connectivity index (χ0) is 25.5. The summed E-state index contributed by atoms with van der Waals surface area (Å²) < 4.78 is 15.3. The Labute approximate surface area is 206 Å². The molecule has 1 amide bonds. The second-order valence-corrected chi connectivity index (χ2v) is 7.87. The molecular formula is C26H22N4O6. The Kier molecular flexibility index (Phi) is 7.48. The van der Waals surface area contributed by atoms with Gasteiger partial charge in [-0.3, -0.25) is 4.79 Å². The number of carbonyl (C=O) groups is 3. The average molecular weight is 486 g/mol. The van der Waals surface area contributed by atoms with Crippen molar-refractivity contribution >= 4 is 18.0 Å². The SMILES string of the molecule is COC(=O)C(c1ccccc1)N1C(=O)C(N=[N+]=[N-])C1c1ccc(OC(=O)OCc2ccccc2)cc1. The molecule has 1 saturated heterocycles. The predicted octanol–water partition coefficient (Wildman–Crippen LogP) is 4.88. The molecule has 1 aliphatic rings. The van der Waals surface area contributed by atoms with Crippen molar-refractivity contribution < 1.29 is 28.6 Å². The minimum Gasteiger partial charge on any atom is -0.467 e. The van der Waals surface area contributed by atoms with E-state index in [2.05, 4.69) is 10.0 Å². The molecule has 10 nitrogen and oxygen atoms in total. The molecule has 3 aromatic carbocycles. The van der Waals surface area contributed by atoms with E-state index in [-0.39, 0.29) is 12.4 Å². The molecular weight excluding hydrogens is 464 g/mol. The van der Waals surface area contributed by atoms with Crippen molar-refractivity contribution in [2.24, 2.45) is 5.11 Å². The lowest BCUT2D eigenvalue weighted by molar-refractivity contribution is -0.166. The zero-order valence-electron chi connectivity index (χ0n) is 19.3. The summed E-state index contributed by atoms with van der Waals surface area (Å²) in [5.74, 6) is -0.899. The molecule has 10 heteroatoms. The minimum absolute atomic E-state index is 0.0686. The lowest BCUT2D eigenvalue weighted by atomic mass is 9.85. The Morgan fingerprint density at radius 1 is 1.00 bits per heavy atom. The van der Waals surface area contributed by atoms with E-state index in [1.807, 2.05) is 30.3 Å². The fourth-order valence-electron chi connectivity index (χ4n) is 4.03. The van der Waals surface area contributed by atoms with E-state index in [0.717, 1.165) is 5.56 Å². The molecule has 0 spiro atoms. The van der Waals surface area contributed by atoms with Gasteiger partial charge >= 0.3 is 12.1 Å². The first-order valence-electron chi connectivity index (χ1n) is 11.0. The van der Waals surface area contributed by atoms with Crippen molar-refractivity contribution in [1.82, 2.24) is 4.90 Å². The Balaban J connectivity index is 1.53. The molecule has 3 unspecified atom stereocenters. The van der Waals surface area contributed by atoms with E-state index >= 15 is 0 Å². The predicted molar refractivity (Wildman–Crippen MR) is 127 cm³/mol. The van der Waals surface area contributed by atoms with E-state index < -0.39 is 36.2 Å². The van der Waals surface area contributed by atoms with Gasteiger partial charge in [0.2, 0.25) is 5.91 Å². The highest BCUT2D eigenvalue weighted by Crippen LogP contribution is 2.44. The quantitative estimate of drug-likeness (QED) is 0.111. The first-order chi connectivity index (χ1) is 17.5. The van der Waals surface area contributed by atoms with Crippen LogP contribution in [0.15, 0.2) is 90.0 Å². The van der Waals surface area contributed by atoms with Crippen molar-refractivity contribution in [1.29, 1.82) is 0 Å². The van der Waals surface area contributed by atoms with Crippen LogP contribution in [0.4, 0.5) is 4.79 Å². The fourth-order valence-corrected chi connectivity index (χ4v) is 4.03. The van der Waals surface area contributed by atoms with Crippen LogP contribution in [0.5, 0.6) is 5.75 Å². The molecule has 0 aromatic heterocycles. The van der Waals surface area contributed by atoms with E-state index in [1.54, 1.807) is 42.5 Å². The second kappa shape index (κ2) is 11.1. The number of carbonyl (C=O) groups excluding carboxylic acids is 3. The number of amides is 1. The fraction of sp³-hybridized carbons (Fsp3) is 0.192. The lowest BCUT2D eigenvalue weighted by Crippen LogP contribution is -2.60. The van der Waals surface area contributed by atoms with Crippen LogP contribution < -0.4 is 4.74 Å². The van der Waals surface area contributed by atoms with Crippen LogP contribution in [-0.4, -0.2) is 36.1 Å². The Morgan fingerprint density at radius 2 is 1.64 bits per heavy atom. The van der Waals surface area contributed by atoms with Gasteiger partial charge in [0.1, 0.15) is 18.4 Å². The smallest absolute Gasteiger partial charge is 0.467 e. The maximum atomic E-state index is 12.9. The molecule has 1 heterocycles. The molecule has 1 aliphatic heterocycles. The molecule has 0 aliphatic carbocycles. The van der Waals surface area contributed by atoms with Crippen LogP contribution in [0.3, 0.4) is 0 Å². The van der Waals surface area contributed by atoms with Gasteiger partial charge in [0, 0.05) is 4.91 Å². The van der Waals surface area contributed by atoms with Crippen LogP contribution in [0.1, 0.15) is 28.8 Å². The molecule has 1 fully saturated rings. The minimum atomic E-state index is -1.03. The van der Waals surface area contributed by atoms with Gasteiger partial charge in [-0.25, -0.2) is 9.59 Å². The average Bonchev–Trinajstić information content (AvgIpc) is 2.92. The molecule has 0 bridgehead atoms. The summed E-state index contributed by atoms with van der Waals surface area (Å²) >= 11 is 0. The van der Waals surface area contributed by atoms with E-state index in [1.165, 1.54) is 24.1 Å². The van der Waals surface area contributed by atoms with Crippen molar-refractivity contribution in [3.05, 3.63) is 112 Å². The molecule has 36 heavy (non-hydrogen) atoms. The van der Waals surface area contributed by atoms with Crippen molar-refractivity contribution in [2.45, 2.75) is 24.7 Å². The molecule has 3 aromatic rings. The summed E-state index contributed by atoms with van der Waals surface area (Å²) in [6, 6.07) is 21.4. The number of rotatable bonds is 8. The monoisotopic (exact) mass is 486 g/mol. The number of β-lactam (4-membered cyclic amide) rings is 1. The molecule has 3 atom stereocenters. The Hall–Kier alpha value is -4.82. The van der Waals surface area contributed by atoms with Gasteiger partial charge in [-0.2, -0.15) is 0 Å². The molecule has 182 valence electrons. The van der Waals surface area contributed by atoms with Gasteiger partial charge in [0.05, 0.1) is 13.2 Å². The van der Waals surface area contributed by atoms with Crippen molar-refractivity contribution in [3.63, 3.8) is 0 Å². The Bertz CT molecular complexity index is 1280. The lowest BCUT2D eigenvalue weighted by Gasteiger charge is -2.48. The van der Waals surface area contributed by atoms with Gasteiger partial charge in [0.25, 0.3) is 0 Å². The van der Waals surface area contributed by atoms with Crippen LogP contribution in [0, 0.1) is 0 Å². The number of hydrogen-bond donors (Lipinski definition) is 0. The maximum absolute atomic E-state index is 12.9. The highest BCUT2D eigenvalue weighted by Gasteiger charge is 2.53. The number of likely N-dealkylation sites (tertiary alicyclic amines) is 1. The standard InChI is InChI=1S/C26H22N4O6/c1-34-25(32)23(18-10-6-3-7-11-18)30-22(21(24(30)31)28-29-27)19-12-14-20(15-13-19)36-26(33)35-16-17-8-4-2-5-9-17/h2-15,21-23H,16H2,1H3. The summed E-state index contributed by atoms with van der Waals surface area (Å²) in [6.07, 6.45) is -0.867. The number of ether oxygens (including phenoxy) is 3. The number of esters is 1. The summed E-state index contributed by atoms with van der Waals surface area (Å²) in [4.78, 5) is 41.8. The molecule has 0 saturated carbocycles.